The summed E-state index contributed by atoms with van der Waals surface area (Å²) in [6, 6.07) is 8.36. The number of nitrogens with zero attached hydrogens (tertiary/aromatic N) is 1. The zero-order valence-corrected chi connectivity index (χ0v) is 6.78. The van der Waals surface area contributed by atoms with Crippen LogP contribution in [0.3, 0.4) is 0 Å². The Morgan fingerprint density at radius 3 is 1.64 bits per heavy atom. The largest absolute Gasteiger partial charge is 0.335 e. The van der Waals surface area contributed by atoms with Crippen molar-refractivity contribution in [2.45, 2.75) is 13.8 Å². The van der Waals surface area contributed by atoms with Crippen molar-refractivity contribution in [3.63, 3.8) is 0 Å². The molecule has 1 aromatic rings. The third kappa shape index (κ3) is 3.99. The molecule has 0 aliphatic carbocycles. The van der Waals surface area contributed by atoms with Gasteiger partial charge in [0.2, 0.25) is 5.01 Å². The van der Waals surface area contributed by atoms with Gasteiger partial charge in [-0.05, 0) is 25.0 Å². The van der Waals surface area contributed by atoms with Gasteiger partial charge in [-0.25, -0.2) is 0 Å². The van der Waals surface area contributed by atoms with Crippen LogP contribution in [0.4, 0.5) is 0 Å². The standard InChI is InChI=1S/C8H10.CHNO/c1-7-5-3-4-6-8(7)2;1-2-3/h3-6H,1-2H3;1H/p+1. The van der Waals surface area contributed by atoms with Gasteiger partial charge in [0.05, 0.1) is 0 Å². The molecule has 0 radical (unpaired) electrons. The minimum Gasteiger partial charge on any atom is -0.178 e. The SMILES string of the molecule is C#[N+]O.Cc1ccccc1C. The molecule has 0 heterocycles. The first-order chi connectivity index (χ1) is 5.22. The summed E-state index contributed by atoms with van der Waals surface area (Å²) in [5.41, 5.74) is 2.74. The van der Waals surface area contributed by atoms with Crippen molar-refractivity contribution in [1.82, 2.24) is 0 Å². The molecule has 11 heavy (non-hydrogen) atoms. The van der Waals surface area contributed by atoms with E-state index < -0.39 is 0 Å². The molecule has 2 heteroatoms. The van der Waals surface area contributed by atoms with Crippen LogP contribution in [0.5, 0.6) is 0 Å². The Kier molecular flexibility index (Phi) is 4.59. The molecule has 0 aromatic heterocycles. The second kappa shape index (κ2) is 5.31. The van der Waals surface area contributed by atoms with Crippen molar-refractivity contribution in [2.75, 3.05) is 0 Å². The van der Waals surface area contributed by atoms with E-state index in [2.05, 4.69) is 44.7 Å². The van der Waals surface area contributed by atoms with Crippen LogP contribution in [0.1, 0.15) is 11.1 Å². The van der Waals surface area contributed by atoms with Crippen LogP contribution in [0.2, 0.25) is 0 Å². The molecule has 1 aromatic carbocycles. The minimum atomic E-state index is 1.37. The van der Waals surface area contributed by atoms with Crippen LogP contribution < -0.4 is 0 Å². The number of hydrogen-bond donors (Lipinski definition) is 1. The van der Waals surface area contributed by atoms with Crippen molar-refractivity contribution in [3.8, 4) is 6.57 Å². The Bertz CT molecular complexity index is 229. The van der Waals surface area contributed by atoms with Gasteiger partial charge < -0.3 is 0 Å². The number of hydrogen-bond acceptors (Lipinski definition) is 1. The normalized spacial score (nSPS) is 7.36. The highest BCUT2D eigenvalue weighted by atomic mass is 16.4. The van der Waals surface area contributed by atoms with Gasteiger partial charge in [-0.3, -0.25) is 0 Å². The van der Waals surface area contributed by atoms with E-state index in [0.29, 0.717) is 0 Å². The summed E-state index contributed by atoms with van der Waals surface area (Å²) >= 11 is 0. The quantitative estimate of drug-likeness (QED) is 0.565. The van der Waals surface area contributed by atoms with Gasteiger partial charge in [-0.2, -0.15) is 5.21 Å². The van der Waals surface area contributed by atoms with E-state index >= 15 is 0 Å². The Hall–Kier alpha value is -1.49. The first-order valence-corrected chi connectivity index (χ1v) is 3.29. The van der Waals surface area contributed by atoms with Crippen LogP contribution in [-0.4, -0.2) is 5.21 Å². The molecule has 0 spiro atoms. The van der Waals surface area contributed by atoms with Gasteiger partial charge in [0.25, 0.3) is 0 Å². The van der Waals surface area contributed by atoms with E-state index in [9.17, 15) is 0 Å². The lowest BCUT2D eigenvalue weighted by Gasteiger charge is -1.93. The van der Waals surface area contributed by atoms with Gasteiger partial charge in [0.15, 0.2) is 0 Å². The highest BCUT2D eigenvalue weighted by Crippen LogP contribution is 2.02. The Morgan fingerprint density at radius 1 is 1.18 bits per heavy atom. The molecule has 2 nitrogen and oxygen atoms in total. The zero-order chi connectivity index (χ0) is 8.69. The summed E-state index contributed by atoms with van der Waals surface area (Å²) in [7, 11) is 0. The fourth-order valence-corrected chi connectivity index (χ4v) is 0.663. The molecule has 0 atom stereocenters. The average Bonchev–Trinajstić information content (AvgIpc) is 1.97. The van der Waals surface area contributed by atoms with Gasteiger partial charge in [0.1, 0.15) is 0 Å². The molecule has 0 bridgehead atoms. The number of benzene rings is 1. The number of aryl methyl sites for hydroxylation is 2. The van der Waals surface area contributed by atoms with Gasteiger partial charge >= 0.3 is 6.57 Å². The molecule has 0 saturated heterocycles. The maximum atomic E-state index is 6.97. The summed E-state index contributed by atoms with van der Waals surface area (Å²) in [5.74, 6) is 0. The van der Waals surface area contributed by atoms with Crippen molar-refractivity contribution in [1.29, 1.82) is 0 Å². The van der Waals surface area contributed by atoms with Crippen molar-refractivity contribution in [3.05, 3.63) is 40.4 Å². The molecule has 0 unspecified atom stereocenters. The smallest absolute Gasteiger partial charge is 0.178 e. The summed E-state index contributed by atoms with van der Waals surface area (Å²) < 4.78 is 0. The summed E-state index contributed by atoms with van der Waals surface area (Å²) in [6.45, 7) is 8.27. The van der Waals surface area contributed by atoms with Gasteiger partial charge in [-0.15, -0.1) is 0 Å². The average molecular weight is 150 g/mol. The predicted octanol–water partition coefficient (Wildman–Crippen LogP) is 2.64. The monoisotopic (exact) mass is 150 g/mol. The van der Waals surface area contributed by atoms with Crippen LogP contribution in [0.25, 0.3) is 5.01 Å². The van der Waals surface area contributed by atoms with E-state index in [4.69, 9.17) is 5.21 Å². The third-order valence-electron chi connectivity index (χ3n) is 1.43. The maximum Gasteiger partial charge on any atom is 0.335 e. The topological polar surface area (TPSA) is 24.6 Å². The molecule has 0 saturated carbocycles. The summed E-state index contributed by atoms with van der Waals surface area (Å²) in [4.78, 5) is 0. The van der Waals surface area contributed by atoms with Crippen molar-refractivity contribution in [2.24, 2.45) is 0 Å². The van der Waals surface area contributed by atoms with E-state index in [1.165, 1.54) is 11.1 Å². The lowest BCUT2D eigenvalue weighted by atomic mass is 10.1. The molecule has 0 aliphatic heterocycles. The zero-order valence-electron chi connectivity index (χ0n) is 6.78. The highest BCUT2D eigenvalue weighted by Gasteiger charge is 1.83. The van der Waals surface area contributed by atoms with Crippen LogP contribution in [0, 0.1) is 20.4 Å². The van der Waals surface area contributed by atoms with E-state index in [0.717, 1.165) is 0 Å². The highest BCUT2D eigenvalue weighted by molar-refractivity contribution is 5.23. The second-order valence-electron chi connectivity index (χ2n) is 2.20. The van der Waals surface area contributed by atoms with E-state index in [1.54, 1.807) is 0 Å². The Balaban J connectivity index is 0.000000292. The first-order valence-electron chi connectivity index (χ1n) is 3.29. The predicted molar refractivity (Wildman–Crippen MR) is 46.0 cm³/mol. The fourth-order valence-electron chi connectivity index (χ4n) is 0.663. The van der Waals surface area contributed by atoms with Gasteiger partial charge in [-0.1, -0.05) is 24.3 Å². The van der Waals surface area contributed by atoms with Crippen LogP contribution >= 0.6 is 0 Å². The lowest BCUT2D eigenvalue weighted by molar-refractivity contribution is 0.466. The van der Waals surface area contributed by atoms with Crippen molar-refractivity contribution < 1.29 is 5.21 Å². The molecular weight excluding hydrogens is 138 g/mol. The molecule has 0 fully saturated rings. The molecule has 0 aliphatic rings. The lowest BCUT2D eigenvalue weighted by Crippen LogP contribution is -1.74. The first kappa shape index (κ1) is 9.51. The second-order valence-corrected chi connectivity index (χ2v) is 2.20. The molecule has 0 amide bonds. The van der Waals surface area contributed by atoms with Gasteiger partial charge in [0, 0.05) is 0 Å². The fraction of sp³-hybridized carbons (Fsp3) is 0.222. The summed E-state index contributed by atoms with van der Waals surface area (Å²) in [6.07, 6.45) is 0. The summed E-state index contributed by atoms with van der Waals surface area (Å²) in [5, 5.41) is 8.97. The van der Waals surface area contributed by atoms with E-state index in [-0.39, 0.29) is 0 Å². The Labute approximate surface area is 66.9 Å². The van der Waals surface area contributed by atoms with E-state index in [1.807, 2.05) is 5.01 Å². The third-order valence-corrected chi connectivity index (χ3v) is 1.43. The molecule has 1 N–H and O–H groups in total. The van der Waals surface area contributed by atoms with Crippen molar-refractivity contribution >= 4 is 0 Å². The Morgan fingerprint density at radius 2 is 1.45 bits per heavy atom. The number of rotatable bonds is 0. The van der Waals surface area contributed by atoms with Crippen LogP contribution in [0.15, 0.2) is 24.3 Å². The minimum absolute atomic E-state index is 1.37. The molecular formula is C9H12NO+. The molecule has 58 valence electrons. The van der Waals surface area contributed by atoms with Crippen LogP contribution in [-0.2, 0) is 0 Å². The maximum absolute atomic E-state index is 6.97. The molecule has 1 rings (SSSR count).